The van der Waals surface area contributed by atoms with Crippen LogP contribution in [0.1, 0.15) is 19.8 Å². The van der Waals surface area contributed by atoms with Gasteiger partial charge < -0.3 is 15.4 Å². The monoisotopic (exact) mass is 256 g/mol. The Morgan fingerprint density at radius 2 is 2.24 bits per heavy atom. The highest BCUT2D eigenvalue weighted by Gasteiger charge is 2.04. The number of nitrogens with one attached hydrogen (secondary N) is 2. The lowest BCUT2D eigenvalue weighted by Crippen LogP contribution is -2.29. The van der Waals surface area contributed by atoms with Crippen LogP contribution in [0.25, 0.3) is 0 Å². The van der Waals surface area contributed by atoms with Crippen molar-refractivity contribution in [3.8, 4) is 5.75 Å². The summed E-state index contributed by atoms with van der Waals surface area (Å²) in [6.07, 6.45) is 2.16. The van der Waals surface area contributed by atoms with Gasteiger partial charge in [-0.05, 0) is 30.8 Å². The molecule has 0 amide bonds. The molecule has 1 aromatic carbocycles. The lowest BCUT2D eigenvalue weighted by molar-refractivity contribution is 0.387. The molecule has 0 aliphatic rings. The predicted molar refractivity (Wildman–Crippen MR) is 72.1 cm³/mol. The van der Waals surface area contributed by atoms with Crippen molar-refractivity contribution < 1.29 is 9.13 Å². The van der Waals surface area contributed by atoms with E-state index in [9.17, 15) is 4.39 Å². The maximum atomic E-state index is 13.4. The number of thiocarbonyl (C=S) groups is 1. The summed E-state index contributed by atoms with van der Waals surface area (Å²) in [6, 6.07) is 4.63. The molecule has 0 fully saturated rings. The highest BCUT2D eigenvalue weighted by atomic mass is 32.1. The van der Waals surface area contributed by atoms with Crippen LogP contribution in [0, 0.1) is 5.82 Å². The maximum Gasteiger partial charge on any atom is 0.170 e. The largest absolute Gasteiger partial charge is 0.494 e. The van der Waals surface area contributed by atoms with Gasteiger partial charge in [0.1, 0.15) is 0 Å². The van der Waals surface area contributed by atoms with E-state index in [0.717, 1.165) is 19.4 Å². The topological polar surface area (TPSA) is 33.3 Å². The average molecular weight is 256 g/mol. The Kier molecular flexibility index (Phi) is 5.69. The fraction of sp³-hybridized carbons (Fsp3) is 0.417. The Hall–Kier alpha value is -1.36. The smallest absolute Gasteiger partial charge is 0.170 e. The lowest BCUT2D eigenvalue weighted by Gasteiger charge is -2.10. The summed E-state index contributed by atoms with van der Waals surface area (Å²) in [4.78, 5) is 0. The first kappa shape index (κ1) is 13.7. The number of anilines is 1. The zero-order valence-electron chi connectivity index (χ0n) is 10.0. The van der Waals surface area contributed by atoms with Gasteiger partial charge in [0.15, 0.2) is 16.7 Å². The number of hydrogen-bond acceptors (Lipinski definition) is 2. The summed E-state index contributed by atoms with van der Waals surface area (Å²) in [5, 5.41) is 6.47. The van der Waals surface area contributed by atoms with Crippen LogP contribution in [0.3, 0.4) is 0 Å². The second-order valence-corrected chi connectivity index (χ2v) is 3.99. The van der Waals surface area contributed by atoms with E-state index in [0.29, 0.717) is 10.8 Å². The number of halogens is 1. The van der Waals surface area contributed by atoms with Gasteiger partial charge in [-0.15, -0.1) is 0 Å². The normalized spacial score (nSPS) is 9.82. The van der Waals surface area contributed by atoms with Gasteiger partial charge in [0, 0.05) is 18.3 Å². The van der Waals surface area contributed by atoms with E-state index < -0.39 is 5.82 Å². The lowest BCUT2D eigenvalue weighted by atomic mass is 10.3. The number of methoxy groups -OCH3 is 1. The minimum absolute atomic E-state index is 0.223. The summed E-state index contributed by atoms with van der Waals surface area (Å²) in [5.74, 6) is -0.186. The second-order valence-electron chi connectivity index (χ2n) is 3.58. The Morgan fingerprint density at radius 1 is 1.47 bits per heavy atom. The van der Waals surface area contributed by atoms with Crippen LogP contribution >= 0.6 is 12.2 Å². The molecule has 0 spiro atoms. The van der Waals surface area contributed by atoms with Crippen LogP contribution in [0.15, 0.2) is 18.2 Å². The standard InChI is InChI=1S/C12H17FN2OS/c1-3-4-7-14-12(17)15-9-5-6-11(16-2)10(13)8-9/h5-6,8H,3-4,7H2,1-2H3,(H2,14,15,17). The third-order valence-corrected chi connectivity index (χ3v) is 2.47. The molecule has 0 atom stereocenters. The van der Waals surface area contributed by atoms with Crippen LogP contribution in [0.5, 0.6) is 5.75 Å². The molecule has 1 aromatic rings. The van der Waals surface area contributed by atoms with E-state index >= 15 is 0 Å². The van der Waals surface area contributed by atoms with Crippen molar-refractivity contribution in [2.24, 2.45) is 0 Å². The van der Waals surface area contributed by atoms with Crippen molar-refractivity contribution in [3.63, 3.8) is 0 Å². The van der Waals surface area contributed by atoms with Gasteiger partial charge >= 0.3 is 0 Å². The molecule has 0 aromatic heterocycles. The van der Waals surface area contributed by atoms with Crippen LogP contribution in [-0.4, -0.2) is 18.8 Å². The van der Waals surface area contributed by atoms with Crippen molar-refractivity contribution in [3.05, 3.63) is 24.0 Å². The van der Waals surface area contributed by atoms with Gasteiger partial charge in [0.25, 0.3) is 0 Å². The first-order valence-corrected chi connectivity index (χ1v) is 5.96. The minimum Gasteiger partial charge on any atom is -0.494 e. The Labute approximate surface area is 106 Å². The molecule has 1 rings (SSSR count). The molecule has 0 saturated heterocycles. The van der Waals surface area contributed by atoms with Crippen molar-refractivity contribution in [1.29, 1.82) is 0 Å². The molecule has 3 nitrogen and oxygen atoms in total. The molecule has 0 aliphatic heterocycles. The fourth-order valence-corrected chi connectivity index (χ4v) is 1.52. The predicted octanol–water partition coefficient (Wildman–Crippen LogP) is 2.92. The van der Waals surface area contributed by atoms with Gasteiger partial charge in [-0.1, -0.05) is 13.3 Å². The number of rotatable bonds is 5. The van der Waals surface area contributed by atoms with Gasteiger partial charge in [-0.25, -0.2) is 4.39 Å². The first-order valence-electron chi connectivity index (χ1n) is 5.55. The van der Waals surface area contributed by atoms with E-state index in [4.69, 9.17) is 17.0 Å². The highest BCUT2D eigenvalue weighted by Crippen LogP contribution is 2.20. The van der Waals surface area contributed by atoms with E-state index in [1.165, 1.54) is 13.2 Å². The number of hydrogen-bond donors (Lipinski definition) is 2. The summed E-state index contributed by atoms with van der Waals surface area (Å²) < 4.78 is 18.2. The summed E-state index contributed by atoms with van der Waals surface area (Å²) in [6.45, 7) is 2.93. The van der Waals surface area contributed by atoms with Gasteiger partial charge in [0.05, 0.1) is 7.11 Å². The first-order chi connectivity index (χ1) is 8.17. The molecule has 0 heterocycles. The molecule has 94 valence electrons. The van der Waals surface area contributed by atoms with Crippen molar-refractivity contribution in [2.75, 3.05) is 19.0 Å². The van der Waals surface area contributed by atoms with Crippen molar-refractivity contribution in [2.45, 2.75) is 19.8 Å². The van der Waals surface area contributed by atoms with Crippen LogP contribution < -0.4 is 15.4 Å². The molecule has 0 radical (unpaired) electrons. The van der Waals surface area contributed by atoms with E-state index in [2.05, 4.69) is 17.6 Å². The minimum atomic E-state index is -0.408. The number of ether oxygens (including phenoxy) is 1. The van der Waals surface area contributed by atoms with Crippen LogP contribution in [0.2, 0.25) is 0 Å². The molecule has 2 N–H and O–H groups in total. The third kappa shape index (κ3) is 4.56. The molecule has 0 saturated carbocycles. The van der Waals surface area contributed by atoms with Gasteiger partial charge in [-0.3, -0.25) is 0 Å². The second kappa shape index (κ2) is 7.06. The van der Waals surface area contributed by atoms with E-state index in [1.807, 2.05) is 0 Å². The van der Waals surface area contributed by atoms with E-state index in [1.54, 1.807) is 12.1 Å². The fourth-order valence-electron chi connectivity index (χ4n) is 1.30. The zero-order chi connectivity index (χ0) is 12.7. The van der Waals surface area contributed by atoms with Gasteiger partial charge in [-0.2, -0.15) is 0 Å². The average Bonchev–Trinajstić information content (AvgIpc) is 2.29. The van der Waals surface area contributed by atoms with Gasteiger partial charge in [0.2, 0.25) is 0 Å². The quantitative estimate of drug-likeness (QED) is 0.627. The molecule has 5 heteroatoms. The summed E-state index contributed by atoms with van der Waals surface area (Å²) in [5.41, 5.74) is 0.609. The molecular formula is C12H17FN2OS. The molecule has 17 heavy (non-hydrogen) atoms. The van der Waals surface area contributed by atoms with Crippen LogP contribution in [0.4, 0.5) is 10.1 Å². The molecular weight excluding hydrogens is 239 g/mol. The maximum absolute atomic E-state index is 13.4. The highest BCUT2D eigenvalue weighted by molar-refractivity contribution is 7.80. The SMILES string of the molecule is CCCCNC(=S)Nc1ccc(OC)c(F)c1. The Balaban J connectivity index is 2.51. The molecule has 0 aliphatic carbocycles. The molecule has 0 unspecified atom stereocenters. The van der Waals surface area contributed by atoms with Crippen LogP contribution in [-0.2, 0) is 0 Å². The number of benzene rings is 1. The summed E-state index contributed by atoms with van der Waals surface area (Å²) >= 11 is 5.08. The van der Waals surface area contributed by atoms with E-state index in [-0.39, 0.29) is 5.75 Å². The molecule has 0 bridgehead atoms. The third-order valence-electron chi connectivity index (χ3n) is 2.23. The summed E-state index contributed by atoms with van der Waals surface area (Å²) in [7, 11) is 1.43. The van der Waals surface area contributed by atoms with Crippen molar-refractivity contribution in [1.82, 2.24) is 5.32 Å². The van der Waals surface area contributed by atoms with Crippen molar-refractivity contribution >= 4 is 23.0 Å². The Morgan fingerprint density at radius 3 is 2.82 bits per heavy atom. The Bertz CT molecular complexity index is 385. The number of unbranched alkanes of at least 4 members (excludes halogenated alkanes) is 1. The zero-order valence-corrected chi connectivity index (χ0v) is 10.9.